The van der Waals surface area contributed by atoms with Crippen LogP contribution in [-0.4, -0.2) is 36.8 Å². The Morgan fingerprint density at radius 2 is 2.00 bits per heavy atom. The van der Waals surface area contributed by atoms with Gasteiger partial charge in [-0.25, -0.2) is 13.4 Å². The molecule has 2 unspecified atom stereocenters. The van der Waals surface area contributed by atoms with Gasteiger partial charge >= 0.3 is 0 Å². The SMILES string of the molecule is CC(C)CCC(N1CCCC(c2cnco2)C1)S(=O)(=O)c1ccccc1. The first kappa shape index (κ1) is 19.1. The van der Waals surface area contributed by atoms with Gasteiger partial charge in [0.25, 0.3) is 0 Å². The number of likely N-dealkylation sites (tertiary alicyclic amines) is 1. The van der Waals surface area contributed by atoms with Crippen LogP contribution in [0.1, 0.15) is 51.2 Å². The zero-order valence-corrected chi connectivity index (χ0v) is 16.4. The van der Waals surface area contributed by atoms with Crippen LogP contribution in [0.2, 0.25) is 0 Å². The van der Waals surface area contributed by atoms with Gasteiger partial charge in [0.2, 0.25) is 0 Å². The van der Waals surface area contributed by atoms with Crippen molar-refractivity contribution >= 4 is 9.84 Å². The summed E-state index contributed by atoms with van der Waals surface area (Å²) >= 11 is 0. The molecule has 0 aliphatic carbocycles. The fourth-order valence-corrected chi connectivity index (χ4v) is 5.59. The molecule has 0 bridgehead atoms. The second-order valence-electron chi connectivity index (χ2n) is 7.52. The Bertz CT molecular complexity index is 773. The van der Waals surface area contributed by atoms with Crippen molar-refractivity contribution in [2.75, 3.05) is 13.1 Å². The summed E-state index contributed by atoms with van der Waals surface area (Å²) < 4.78 is 32.2. The Labute approximate surface area is 156 Å². The minimum Gasteiger partial charge on any atom is -0.448 e. The van der Waals surface area contributed by atoms with Gasteiger partial charge in [-0.2, -0.15) is 0 Å². The third-order valence-electron chi connectivity index (χ3n) is 5.13. The van der Waals surface area contributed by atoms with E-state index in [1.165, 1.54) is 6.39 Å². The molecule has 1 fully saturated rings. The molecule has 1 saturated heterocycles. The lowest BCUT2D eigenvalue weighted by Gasteiger charge is -2.37. The summed E-state index contributed by atoms with van der Waals surface area (Å²) in [4.78, 5) is 6.57. The van der Waals surface area contributed by atoms with Crippen LogP contribution < -0.4 is 0 Å². The lowest BCUT2D eigenvalue weighted by molar-refractivity contribution is 0.168. The van der Waals surface area contributed by atoms with Gasteiger partial charge in [-0.15, -0.1) is 0 Å². The van der Waals surface area contributed by atoms with Gasteiger partial charge in [0, 0.05) is 12.5 Å². The Hall–Kier alpha value is -1.66. The highest BCUT2D eigenvalue weighted by Crippen LogP contribution is 2.32. The van der Waals surface area contributed by atoms with Crippen LogP contribution in [-0.2, 0) is 9.84 Å². The van der Waals surface area contributed by atoms with Crippen LogP contribution in [0.5, 0.6) is 0 Å². The molecule has 1 aromatic carbocycles. The summed E-state index contributed by atoms with van der Waals surface area (Å²) in [5.41, 5.74) is 0. The van der Waals surface area contributed by atoms with Gasteiger partial charge in [-0.1, -0.05) is 32.0 Å². The van der Waals surface area contributed by atoms with Crippen molar-refractivity contribution in [1.82, 2.24) is 9.88 Å². The van der Waals surface area contributed by atoms with Crippen molar-refractivity contribution in [1.29, 1.82) is 0 Å². The van der Waals surface area contributed by atoms with E-state index in [-0.39, 0.29) is 5.92 Å². The first-order valence-electron chi connectivity index (χ1n) is 9.40. The number of aromatic nitrogens is 1. The van der Waals surface area contributed by atoms with Gasteiger partial charge in [-0.05, 0) is 50.3 Å². The molecule has 1 aromatic heterocycles. The van der Waals surface area contributed by atoms with Gasteiger partial charge in [0.05, 0.1) is 11.1 Å². The lowest BCUT2D eigenvalue weighted by atomic mass is 9.95. The maximum absolute atomic E-state index is 13.4. The van der Waals surface area contributed by atoms with Crippen molar-refractivity contribution in [3.8, 4) is 0 Å². The van der Waals surface area contributed by atoms with E-state index in [1.807, 2.05) is 6.07 Å². The summed E-state index contributed by atoms with van der Waals surface area (Å²) in [6, 6.07) is 8.84. The van der Waals surface area contributed by atoms with E-state index in [1.54, 1.807) is 30.5 Å². The van der Waals surface area contributed by atoms with Crippen molar-refractivity contribution in [2.24, 2.45) is 5.92 Å². The van der Waals surface area contributed by atoms with Crippen molar-refractivity contribution in [3.05, 3.63) is 48.7 Å². The third-order valence-corrected chi connectivity index (χ3v) is 7.31. The third kappa shape index (κ3) is 4.35. The molecule has 0 N–H and O–H groups in total. The van der Waals surface area contributed by atoms with Crippen molar-refractivity contribution in [3.63, 3.8) is 0 Å². The molecule has 0 radical (unpaired) electrons. The predicted octanol–water partition coefficient (Wildman–Crippen LogP) is 4.09. The highest BCUT2D eigenvalue weighted by molar-refractivity contribution is 7.92. The minimum absolute atomic E-state index is 0.207. The van der Waals surface area contributed by atoms with E-state index in [0.29, 0.717) is 23.8 Å². The largest absolute Gasteiger partial charge is 0.448 e. The first-order valence-corrected chi connectivity index (χ1v) is 10.9. The Morgan fingerprint density at radius 3 is 2.65 bits per heavy atom. The molecular weight excluding hydrogens is 348 g/mol. The smallest absolute Gasteiger partial charge is 0.194 e. The summed E-state index contributed by atoms with van der Waals surface area (Å²) in [6.07, 6.45) is 6.72. The summed E-state index contributed by atoms with van der Waals surface area (Å²) in [5, 5.41) is -0.488. The minimum atomic E-state index is -3.41. The van der Waals surface area contributed by atoms with E-state index >= 15 is 0 Å². The lowest BCUT2D eigenvalue weighted by Crippen LogP contribution is -2.46. The van der Waals surface area contributed by atoms with Crippen molar-refractivity contribution < 1.29 is 12.8 Å². The number of rotatable bonds is 7. The number of oxazole rings is 1. The quantitative estimate of drug-likeness (QED) is 0.728. The standard InChI is InChI=1S/C20H28N2O3S/c1-16(2)10-11-20(26(23,24)18-8-4-3-5-9-18)22-12-6-7-17(14-22)19-13-21-15-25-19/h3-5,8-9,13,15-17,20H,6-7,10-12,14H2,1-2H3. The van der Waals surface area contributed by atoms with Crippen LogP contribution in [0.3, 0.4) is 0 Å². The second kappa shape index (κ2) is 8.35. The van der Waals surface area contributed by atoms with Gasteiger partial charge < -0.3 is 4.42 Å². The fraction of sp³-hybridized carbons (Fsp3) is 0.550. The molecule has 0 saturated carbocycles. The average Bonchev–Trinajstić information content (AvgIpc) is 3.17. The molecule has 1 aliphatic rings. The number of benzene rings is 1. The summed E-state index contributed by atoms with van der Waals surface area (Å²) in [6.45, 7) is 5.78. The Kier molecular flexibility index (Phi) is 6.14. The first-order chi connectivity index (χ1) is 12.5. The molecule has 26 heavy (non-hydrogen) atoms. The predicted molar refractivity (Wildman–Crippen MR) is 102 cm³/mol. The zero-order chi connectivity index (χ0) is 18.6. The summed E-state index contributed by atoms with van der Waals surface area (Å²) in [7, 11) is -3.41. The Balaban J connectivity index is 1.85. The average molecular weight is 377 g/mol. The molecular formula is C20H28N2O3S. The number of nitrogens with zero attached hydrogens (tertiary/aromatic N) is 2. The van der Waals surface area contributed by atoms with E-state index in [0.717, 1.165) is 31.6 Å². The topological polar surface area (TPSA) is 63.4 Å². The molecule has 3 rings (SSSR count). The van der Waals surface area contributed by atoms with Crippen LogP contribution in [0.15, 0.2) is 52.2 Å². The van der Waals surface area contributed by atoms with E-state index in [4.69, 9.17) is 4.42 Å². The molecule has 1 aliphatic heterocycles. The van der Waals surface area contributed by atoms with Crippen LogP contribution in [0, 0.1) is 5.92 Å². The molecule has 2 heterocycles. The molecule has 0 amide bonds. The van der Waals surface area contributed by atoms with Crippen LogP contribution >= 0.6 is 0 Å². The van der Waals surface area contributed by atoms with Crippen molar-refractivity contribution in [2.45, 2.75) is 55.7 Å². The normalized spacial score (nSPS) is 20.3. The van der Waals surface area contributed by atoms with E-state index < -0.39 is 15.2 Å². The number of sulfone groups is 1. The Morgan fingerprint density at radius 1 is 1.23 bits per heavy atom. The molecule has 2 aromatic rings. The number of hydrogen-bond donors (Lipinski definition) is 0. The molecule has 6 heteroatoms. The number of piperidine rings is 1. The molecule has 2 atom stereocenters. The molecule has 0 spiro atoms. The molecule has 5 nitrogen and oxygen atoms in total. The van der Waals surface area contributed by atoms with E-state index in [2.05, 4.69) is 23.7 Å². The van der Waals surface area contributed by atoms with Crippen LogP contribution in [0.4, 0.5) is 0 Å². The maximum atomic E-state index is 13.4. The van der Waals surface area contributed by atoms with E-state index in [9.17, 15) is 8.42 Å². The van der Waals surface area contributed by atoms with Crippen LogP contribution in [0.25, 0.3) is 0 Å². The maximum Gasteiger partial charge on any atom is 0.194 e. The monoisotopic (exact) mass is 376 g/mol. The zero-order valence-electron chi connectivity index (χ0n) is 15.5. The highest BCUT2D eigenvalue weighted by atomic mass is 32.2. The highest BCUT2D eigenvalue weighted by Gasteiger charge is 2.36. The van der Waals surface area contributed by atoms with Gasteiger partial charge in [-0.3, -0.25) is 4.90 Å². The summed E-state index contributed by atoms with van der Waals surface area (Å²) in [5.74, 6) is 1.53. The van der Waals surface area contributed by atoms with Gasteiger partial charge in [0.15, 0.2) is 16.2 Å². The number of hydrogen-bond acceptors (Lipinski definition) is 5. The fourth-order valence-electron chi connectivity index (χ4n) is 3.70. The second-order valence-corrected chi connectivity index (χ2v) is 9.63. The molecule has 142 valence electrons. The van der Waals surface area contributed by atoms with Gasteiger partial charge in [0.1, 0.15) is 11.1 Å².